The van der Waals surface area contributed by atoms with E-state index in [1.165, 1.54) is 45.1 Å². The fraction of sp³-hybridized carbons (Fsp3) is 1.00. The van der Waals surface area contributed by atoms with Crippen LogP contribution in [0.15, 0.2) is 0 Å². The highest BCUT2D eigenvalue weighted by atomic mass is 15.2. The smallest absolute Gasteiger partial charge is 0.0221 e. The molecule has 1 saturated heterocycles. The van der Waals surface area contributed by atoms with Crippen LogP contribution in [-0.4, -0.2) is 35.6 Å². The highest BCUT2D eigenvalue weighted by Crippen LogP contribution is 2.24. The maximum Gasteiger partial charge on any atom is 0.0221 e. The summed E-state index contributed by atoms with van der Waals surface area (Å²) in [7, 11) is 0. The van der Waals surface area contributed by atoms with Crippen LogP contribution >= 0.6 is 0 Å². The summed E-state index contributed by atoms with van der Waals surface area (Å²) in [4.78, 5) is 2.80. The van der Waals surface area contributed by atoms with Crippen molar-refractivity contribution in [2.24, 2.45) is 0 Å². The van der Waals surface area contributed by atoms with E-state index in [0.717, 1.165) is 18.6 Å². The Hall–Kier alpha value is -0.0800. The molecule has 0 aliphatic carbocycles. The van der Waals surface area contributed by atoms with E-state index in [-0.39, 0.29) is 5.54 Å². The van der Waals surface area contributed by atoms with Crippen LogP contribution in [0.1, 0.15) is 73.1 Å². The average Bonchev–Trinajstić information content (AvgIpc) is 2.31. The molecule has 0 aromatic rings. The van der Waals surface area contributed by atoms with Crippen molar-refractivity contribution in [2.45, 2.75) is 90.8 Å². The maximum atomic E-state index is 3.69. The molecule has 2 unspecified atom stereocenters. The lowest BCUT2D eigenvalue weighted by molar-refractivity contribution is 0.0813. The highest BCUT2D eigenvalue weighted by molar-refractivity contribution is 4.85. The normalized spacial score (nSPS) is 24.2. The number of nitrogens with zero attached hydrogens (tertiary/aromatic N) is 1. The quantitative estimate of drug-likeness (QED) is 0.775. The summed E-state index contributed by atoms with van der Waals surface area (Å²) in [6.07, 6.45) is 8.22. The van der Waals surface area contributed by atoms with Crippen LogP contribution in [0, 0.1) is 0 Å². The molecular formula is C16H34N2. The van der Waals surface area contributed by atoms with Gasteiger partial charge in [0.05, 0.1) is 0 Å². The predicted octanol–water partition coefficient (Wildman–Crippen LogP) is 3.81. The molecule has 0 spiro atoms. The van der Waals surface area contributed by atoms with Crippen molar-refractivity contribution in [1.82, 2.24) is 10.2 Å². The molecule has 0 bridgehead atoms. The van der Waals surface area contributed by atoms with Gasteiger partial charge in [-0.1, -0.05) is 26.7 Å². The first-order valence-corrected chi connectivity index (χ1v) is 7.98. The highest BCUT2D eigenvalue weighted by Gasteiger charge is 2.27. The fourth-order valence-corrected chi connectivity index (χ4v) is 3.07. The van der Waals surface area contributed by atoms with Crippen LogP contribution in [0.25, 0.3) is 0 Å². The topological polar surface area (TPSA) is 15.3 Å². The van der Waals surface area contributed by atoms with Crippen LogP contribution in [-0.2, 0) is 0 Å². The molecule has 0 saturated carbocycles. The number of nitrogens with one attached hydrogen (secondary N) is 1. The molecule has 1 aliphatic heterocycles. The van der Waals surface area contributed by atoms with Crippen molar-refractivity contribution < 1.29 is 0 Å². The minimum absolute atomic E-state index is 0.240. The summed E-state index contributed by atoms with van der Waals surface area (Å²) < 4.78 is 0. The molecule has 108 valence electrons. The van der Waals surface area contributed by atoms with E-state index in [1.54, 1.807) is 0 Å². The summed E-state index contributed by atoms with van der Waals surface area (Å²) in [5, 5.41) is 3.69. The Balaban J connectivity index is 2.54. The van der Waals surface area contributed by atoms with Crippen LogP contribution in [0.4, 0.5) is 0 Å². The fourth-order valence-electron chi connectivity index (χ4n) is 3.07. The molecule has 1 N–H and O–H groups in total. The molecule has 2 heteroatoms. The zero-order valence-electron chi connectivity index (χ0n) is 13.3. The molecule has 18 heavy (non-hydrogen) atoms. The number of hydrogen-bond acceptors (Lipinski definition) is 2. The third-order valence-corrected chi connectivity index (χ3v) is 4.10. The maximum absolute atomic E-state index is 3.69. The van der Waals surface area contributed by atoms with Gasteiger partial charge in [-0.25, -0.2) is 0 Å². The first-order chi connectivity index (χ1) is 8.48. The summed E-state index contributed by atoms with van der Waals surface area (Å²) in [6, 6.07) is 1.57. The number of likely N-dealkylation sites (tertiary alicyclic amines) is 1. The Morgan fingerprint density at radius 3 is 2.50 bits per heavy atom. The number of rotatable bonds is 6. The summed E-state index contributed by atoms with van der Waals surface area (Å²) in [5.41, 5.74) is 0.240. The summed E-state index contributed by atoms with van der Waals surface area (Å²) in [6.45, 7) is 13.9. The monoisotopic (exact) mass is 254 g/mol. The van der Waals surface area contributed by atoms with E-state index in [2.05, 4.69) is 44.8 Å². The van der Waals surface area contributed by atoms with E-state index in [9.17, 15) is 0 Å². The van der Waals surface area contributed by atoms with E-state index in [4.69, 9.17) is 0 Å². The molecule has 2 atom stereocenters. The molecule has 1 rings (SSSR count). The summed E-state index contributed by atoms with van der Waals surface area (Å²) >= 11 is 0. The number of piperidine rings is 1. The first-order valence-electron chi connectivity index (χ1n) is 7.98. The van der Waals surface area contributed by atoms with Crippen LogP contribution < -0.4 is 5.32 Å². The van der Waals surface area contributed by atoms with Gasteiger partial charge in [-0.15, -0.1) is 0 Å². The van der Waals surface area contributed by atoms with Gasteiger partial charge >= 0.3 is 0 Å². The SMILES string of the molecule is CCCC1CCCCN1C(CC)CNC(C)(C)C. The second-order valence-corrected chi connectivity index (χ2v) is 6.87. The third-order valence-electron chi connectivity index (χ3n) is 4.10. The zero-order chi connectivity index (χ0) is 13.6. The standard InChI is InChI=1S/C16H34N2/c1-6-10-15-11-8-9-12-18(15)14(7-2)13-17-16(3,4)5/h14-15,17H,6-13H2,1-5H3. The van der Waals surface area contributed by atoms with Gasteiger partial charge in [-0.05, 0) is 53.0 Å². The van der Waals surface area contributed by atoms with Gasteiger partial charge in [-0.2, -0.15) is 0 Å². The van der Waals surface area contributed by atoms with E-state index in [1.807, 2.05) is 0 Å². The Morgan fingerprint density at radius 2 is 1.94 bits per heavy atom. The lowest BCUT2D eigenvalue weighted by atomic mass is 9.95. The molecule has 0 amide bonds. The Morgan fingerprint density at radius 1 is 1.22 bits per heavy atom. The Kier molecular flexibility index (Phi) is 6.65. The van der Waals surface area contributed by atoms with Crippen molar-refractivity contribution in [2.75, 3.05) is 13.1 Å². The van der Waals surface area contributed by atoms with Crippen LogP contribution in [0.5, 0.6) is 0 Å². The van der Waals surface area contributed by atoms with Crippen molar-refractivity contribution in [3.05, 3.63) is 0 Å². The van der Waals surface area contributed by atoms with Gasteiger partial charge in [-0.3, -0.25) is 4.90 Å². The van der Waals surface area contributed by atoms with E-state index in [0.29, 0.717) is 0 Å². The van der Waals surface area contributed by atoms with Crippen molar-refractivity contribution in [3.63, 3.8) is 0 Å². The Bertz CT molecular complexity index is 218. The molecule has 1 heterocycles. The van der Waals surface area contributed by atoms with Crippen LogP contribution in [0.3, 0.4) is 0 Å². The van der Waals surface area contributed by atoms with E-state index >= 15 is 0 Å². The van der Waals surface area contributed by atoms with Gasteiger partial charge in [0.15, 0.2) is 0 Å². The first kappa shape index (κ1) is 16.0. The average molecular weight is 254 g/mol. The largest absolute Gasteiger partial charge is 0.311 e. The van der Waals surface area contributed by atoms with Gasteiger partial charge in [0, 0.05) is 24.2 Å². The van der Waals surface area contributed by atoms with Gasteiger partial charge in [0.2, 0.25) is 0 Å². The van der Waals surface area contributed by atoms with Crippen molar-refractivity contribution in [1.29, 1.82) is 0 Å². The number of hydrogen-bond donors (Lipinski definition) is 1. The minimum atomic E-state index is 0.240. The van der Waals surface area contributed by atoms with Gasteiger partial charge in [0.1, 0.15) is 0 Å². The molecule has 1 aliphatic rings. The van der Waals surface area contributed by atoms with E-state index < -0.39 is 0 Å². The Labute approximate surface area is 115 Å². The van der Waals surface area contributed by atoms with Crippen molar-refractivity contribution in [3.8, 4) is 0 Å². The summed E-state index contributed by atoms with van der Waals surface area (Å²) in [5.74, 6) is 0. The molecule has 0 radical (unpaired) electrons. The van der Waals surface area contributed by atoms with Gasteiger partial charge in [0.25, 0.3) is 0 Å². The van der Waals surface area contributed by atoms with Crippen molar-refractivity contribution >= 4 is 0 Å². The molecule has 1 fully saturated rings. The third kappa shape index (κ3) is 5.27. The molecule has 2 nitrogen and oxygen atoms in total. The molecule has 0 aromatic heterocycles. The lowest BCUT2D eigenvalue weighted by Gasteiger charge is -2.42. The second-order valence-electron chi connectivity index (χ2n) is 6.87. The second kappa shape index (κ2) is 7.49. The predicted molar refractivity (Wildman–Crippen MR) is 81.1 cm³/mol. The zero-order valence-corrected chi connectivity index (χ0v) is 13.3. The molecular weight excluding hydrogens is 220 g/mol. The lowest BCUT2D eigenvalue weighted by Crippen LogP contribution is -2.52. The van der Waals surface area contributed by atoms with Gasteiger partial charge < -0.3 is 5.32 Å². The molecule has 0 aromatic carbocycles. The minimum Gasteiger partial charge on any atom is -0.311 e. The van der Waals surface area contributed by atoms with Crippen LogP contribution in [0.2, 0.25) is 0 Å².